The lowest BCUT2D eigenvalue weighted by atomic mass is 10.1. The van der Waals surface area contributed by atoms with Crippen LogP contribution in [0.4, 0.5) is 10.5 Å². The molecule has 41 heteroatoms. The van der Waals surface area contributed by atoms with Gasteiger partial charge in [-0.15, -0.1) is 0 Å². The minimum atomic E-state index is -5.81. The first-order valence-electron chi connectivity index (χ1n) is 27.9. The molecule has 1 aromatic heterocycles. The van der Waals surface area contributed by atoms with E-state index in [2.05, 4.69) is 31.6 Å². The molecule has 508 valence electrons. The van der Waals surface area contributed by atoms with Crippen molar-refractivity contribution in [2.75, 3.05) is 110 Å². The standard InChI is InChI=1S/C50H77N13O26P2/c64-38(6-4-36(47(78)79)57-49(82)58-37(48(80)81)5-7-40(66)67)56-35(46(76)77)3-1-2-9-53-44(74)31-21-32(45(75)54-10-8-33-24-63(30-55-33)29-50(83,90(84,85)86)91(87,88)89)23-34(22-31)51-11-12-52-39(65)25-59-13-15-60(26-41(68)69)17-19-62(28-43(72)73)20-18-61(16-14-59)27-42(70)71/h21-24,30,35-37,51,83H,1-20,25-29H2,(H,52,65)(H,53,74)(H,54,75)(H,56,64)(H,66,67)(H,68,69)(H,70,71)(H,72,73)(H,76,77)(H,78,79)(H,80,81)(H2,57,58,82)(H2,84,85,86)(H2,87,88,89). The number of carbonyl (C=O) groups is 12. The number of hydrogen-bond acceptors (Lipinski definition) is 21. The molecule has 6 amide bonds. The largest absolute Gasteiger partial charge is 0.481 e. The Balaban J connectivity index is 1.71. The molecule has 19 N–H and O–H groups in total. The minimum Gasteiger partial charge on any atom is -0.481 e. The van der Waals surface area contributed by atoms with Crippen LogP contribution in [0.15, 0.2) is 30.7 Å². The van der Waals surface area contributed by atoms with E-state index in [0.29, 0.717) is 0 Å². The second kappa shape index (κ2) is 37.2. The highest BCUT2D eigenvalue weighted by molar-refractivity contribution is 7.72. The number of aromatic nitrogens is 2. The summed E-state index contributed by atoms with van der Waals surface area (Å²) in [7, 11) is -11.6. The van der Waals surface area contributed by atoms with Gasteiger partial charge in [-0.3, -0.25) is 67.1 Å². The third-order valence-corrected chi connectivity index (χ3v) is 17.4. The highest BCUT2D eigenvalue weighted by Gasteiger charge is 2.59. The molecule has 91 heavy (non-hydrogen) atoms. The summed E-state index contributed by atoms with van der Waals surface area (Å²) < 4.78 is 24.6. The summed E-state index contributed by atoms with van der Waals surface area (Å²) in [5.41, 5.74) is 0.146. The Labute approximate surface area is 517 Å². The molecule has 2 aromatic rings. The van der Waals surface area contributed by atoms with E-state index in [4.69, 9.17) is 5.11 Å². The number of imidazole rings is 1. The fourth-order valence-electron chi connectivity index (χ4n) is 8.79. The number of benzene rings is 1. The molecule has 0 spiro atoms. The average molecular weight is 1340 g/mol. The zero-order valence-corrected chi connectivity index (χ0v) is 50.7. The Morgan fingerprint density at radius 3 is 1.38 bits per heavy atom. The van der Waals surface area contributed by atoms with Crippen molar-refractivity contribution in [2.24, 2.45) is 0 Å². The molecule has 0 saturated carbocycles. The fourth-order valence-corrected chi connectivity index (χ4v) is 10.8. The molecular formula is C50H77N13O26P2. The number of carboxylic acids is 7. The van der Waals surface area contributed by atoms with Crippen LogP contribution >= 0.6 is 15.2 Å². The Hall–Kier alpha value is -8.23. The van der Waals surface area contributed by atoms with E-state index >= 15 is 0 Å². The zero-order valence-electron chi connectivity index (χ0n) is 49.0. The van der Waals surface area contributed by atoms with Gasteiger partial charge in [0.05, 0.1) is 44.7 Å². The molecule has 0 radical (unpaired) electrons. The summed E-state index contributed by atoms with van der Waals surface area (Å²) in [6.07, 6.45) is -0.382. The number of anilines is 1. The molecular weight excluding hydrogens is 1260 g/mol. The second-order valence-corrected chi connectivity index (χ2v) is 24.9. The second-order valence-electron chi connectivity index (χ2n) is 20.8. The lowest BCUT2D eigenvalue weighted by Crippen LogP contribution is -2.51. The monoisotopic (exact) mass is 1340 g/mol. The maximum Gasteiger partial charge on any atom is 0.371 e. The van der Waals surface area contributed by atoms with Gasteiger partial charge in [-0.1, -0.05) is 0 Å². The molecule has 3 unspecified atom stereocenters. The predicted octanol–water partition coefficient (Wildman–Crippen LogP) is -4.82. The van der Waals surface area contributed by atoms with E-state index in [1.54, 1.807) is 19.6 Å². The SMILES string of the molecule is O=C(O)CCC(NC(=O)NC(CCC(=O)NC(CCCCNC(=O)c1cc(NCCNC(=O)CN2CCN(CC(=O)O)CCN(CC(=O)O)CCN(CC(=O)O)CC2)cc(C(=O)NCCc2cn(CC(O)(P(=O)(O)O)P(=O)(O)O)cn2)c1)C(=O)O)C(=O)O)C(=O)O. The Morgan fingerprint density at radius 1 is 0.505 bits per heavy atom. The van der Waals surface area contributed by atoms with Crippen LogP contribution < -0.4 is 37.2 Å². The van der Waals surface area contributed by atoms with Crippen molar-refractivity contribution in [1.29, 1.82) is 0 Å². The van der Waals surface area contributed by atoms with Gasteiger partial charge in [-0.25, -0.2) is 24.2 Å². The van der Waals surface area contributed by atoms with Crippen LogP contribution in [0.3, 0.4) is 0 Å². The van der Waals surface area contributed by atoms with E-state index < -0.39 is 142 Å². The Kier molecular flexibility index (Phi) is 31.5. The van der Waals surface area contributed by atoms with Crippen LogP contribution in [0.1, 0.15) is 71.4 Å². The average Bonchev–Trinajstić information content (AvgIpc) is 1.66. The van der Waals surface area contributed by atoms with Crippen molar-refractivity contribution >= 4 is 92.3 Å². The molecule has 0 bridgehead atoms. The van der Waals surface area contributed by atoms with Gasteiger partial charge in [-0.05, 0) is 50.3 Å². The molecule has 3 atom stereocenters. The van der Waals surface area contributed by atoms with Crippen LogP contribution in [0, 0.1) is 0 Å². The minimum absolute atomic E-state index is 0.00661. The lowest BCUT2D eigenvalue weighted by molar-refractivity contribution is -0.142. The Bertz CT molecular complexity index is 2940. The van der Waals surface area contributed by atoms with Gasteiger partial charge in [-0.2, -0.15) is 0 Å². The molecule has 1 aliphatic rings. The first-order valence-corrected chi connectivity index (χ1v) is 31.2. The number of aliphatic carboxylic acids is 7. The van der Waals surface area contributed by atoms with Crippen LogP contribution in [0.5, 0.6) is 0 Å². The number of hydrogen-bond donors (Lipinski definition) is 19. The first kappa shape index (κ1) is 77.0. The third-order valence-electron chi connectivity index (χ3n) is 13.6. The number of aliphatic hydroxyl groups is 1. The number of nitrogens with one attached hydrogen (secondary N) is 7. The lowest BCUT2D eigenvalue weighted by Gasteiger charge is -2.32. The molecule has 2 heterocycles. The number of amides is 6. The number of carboxylic acid groups (broad SMARTS) is 7. The number of carbonyl (C=O) groups excluding carboxylic acids is 5. The van der Waals surface area contributed by atoms with Crippen molar-refractivity contribution in [2.45, 2.75) is 81.1 Å². The number of rotatable bonds is 38. The van der Waals surface area contributed by atoms with Crippen molar-refractivity contribution in [3.8, 4) is 0 Å². The smallest absolute Gasteiger partial charge is 0.371 e. The Morgan fingerprint density at radius 2 is 0.945 bits per heavy atom. The number of nitrogens with zero attached hydrogens (tertiary/aromatic N) is 6. The van der Waals surface area contributed by atoms with Crippen molar-refractivity contribution in [3.63, 3.8) is 0 Å². The van der Waals surface area contributed by atoms with Gasteiger partial charge < -0.3 is 102 Å². The molecule has 1 saturated heterocycles. The van der Waals surface area contributed by atoms with E-state index in [0.717, 1.165) is 17.1 Å². The third kappa shape index (κ3) is 28.6. The van der Waals surface area contributed by atoms with Gasteiger partial charge in [0.15, 0.2) is 0 Å². The van der Waals surface area contributed by atoms with E-state index in [9.17, 15) is 122 Å². The summed E-state index contributed by atoms with van der Waals surface area (Å²) in [5.74, 6) is -12.3. The molecule has 3 rings (SSSR count). The quantitative estimate of drug-likeness (QED) is 0.0222. The predicted molar refractivity (Wildman–Crippen MR) is 310 cm³/mol. The highest BCUT2D eigenvalue weighted by Crippen LogP contribution is 2.68. The van der Waals surface area contributed by atoms with E-state index in [-0.39, 0.29) is 153 Å². The van der Waals surface area contributed by atoms with Crippen LogP contribution in [0.2, 0.25) is 0 Å². The van der Waals surface area contributed by atoms with E-state index in [1.807, 2.05) is 10.6 Å². The molecule has 1 fully saturated rings. The normalized spacial score (nSPS) is 15.2. The number of unbranched alkanes of at least 4 members (excludes halogenated alkanes) is 1. The van der Waals surface area contributed by atoms with Gasteiger partial charge in [0.25, 0.3) is 16.9 Å². The summed E-state index contributed by atoms with van der Waals surface area (Å²) in [6, 6.07) is -2.31. The van der Waals surface area contributed by atoms with E-state index in [1.165, 1.54) is 18.2 Å². The van der Waals surface area contributed by atoms with Gasteiger partial charge in [0, 0.05) is 121 Å². The fraction of sp³-hybridized carbons (Fsp3) is 0.580. The van der Waals surface area contributed by atoms with Crippen molar-refractivity contribution in [3.05, 3.63) is 47.5 Å². The zero-order chi connectivity index (χ0) is 68.2. The number of urea groups is 1. The van der Waals surface area contributed by atoms with Gasteiger partial charge in [0.1, 0.15) is 18.1 Å². The molecule has 1 aliphatic heterocycles. The van der Waals surface area contributed by atoms with Crippen molar-refractivity contribution < 1.29 is 127 Å². The molecule has 39 nitrogen and oxygen atoms in total. The summed E-state index contributed by atoms with van der Waals surface area (Å²) in [6.45, 7) is -1.61. The topological polar surface area (TPSA) is 597 Å². The van der Waals surface area contributed by atoms with Gasteiger partial charge >= 0.3 is 63.0 Å². The summed E-state index contributed by atoms with van der Waals surface area (Å²) >= 11 is 0. The molecule has 0 aliphatic carbocycles. The van der Waals surface area contributed by atoms with Crippen LogP contribution in [-0.2, 0) is 65.2 Å². The maximum atomic E-state index is 13.6. The van der Waals surface area contributed by atoms with Crippen molar-refractivity contribution in [1.82, 2.24) is 61.1 Å². The van der Waals surface area contributed by atoms with Crippen LogP contribution in [0.25, 0.3) is 0 Å². The summed E-state index contributed by atoms with van der Waals surface area (Å²) in [4.78, 5) is 195. The summed E-state index contributed by atoms with van der Waals surface area (Å²) in [5, 5.41) is 89.7. The first-order chi connectivity index (χ1) is 42.5. The molecule has 1 aromatic carbocycles. The highest BCUT2D eigenvalue weighted by atomic mass is 31.2. The maximum absolute atomic E-state index is 13.6. The van der Waals surface area contributed by atoms with Crippen LogP contribution in [-0.4, -0.2) is 289 Å². The van der Waals surface area contributed by atoms with Gasteiger partial charge in [0.2, 0.25) is 11.8 Å².